The second-order valence-electron chi connectivity index (χ2n) is 21.5. The van der Waals surface area contributed by atoms with Crippen LogP contribution in [-0.4, -0.2) is 74.3 Å². The zero-order chi connectivity index (χ0) is 52.2. The average molecular weight is 1020 g/mol. The molecular weight excluding hydrogens is 904 g/mol. The van der Waals surface area contributed by atoms with Crippen molar-refractivity contribution in [3.8, 4) is 0 Å². The van der Waals surface area contributed by atoms with Crippen LogP contribution in [0.1, 0.15) is 278 Å². The molecule has 0 aromatic heterocycles. The number of phosphoric ester groups is 1. The van der Waals surface area contributed by atoms with Crippen LogP contribution in [0.5, 0.6) is 0 Å². The van der Waals surface area contributed by atoms with Crippen LogP contribution in [0.4, 0.5) is 0 Å². The van der Waals surface area contributed by atoms with Gasteiger partial charge in [0.25, 0.3) is 0 Å². The van der Waals surface area contributed by atoms with Crippen molar-refractivity contribution in [3.63, 3.8) is 0 Å². The molecule has 0 bridgehead atoms. The maximum atomic E-state index is 13.5. The molecule has 3 unspecified atom stereocenters. The van der Waals surface area contributed by atoms with Gasteiger partial charge in [0, 0.05) is 12.8 Å². The molecule has 10 heteroatoms. The lowest BCUT2D eigenvalue weighted by molar-refractivity contribution is -0.870. The van der Waals surface area contributed by atoms with E-state index >= 15 is 0 Å². The summed E-state index contributed by atoms with van der Waals surface area (Å²) in [5.41, 5.74) is 0. The van der Waals surface area contributed by atoms with E-state index in [9.17, 15) is 19.0 Å². The Kier molecular flexibility index (Phi) is 50.0. The highest BCUT2D eigenvalue weighted by molar-refractivity contribution is 7.47. The number of phosphoric acid groups is 1. The number of allylic oxidation sites excluding steroid dienone is 7. The summed E-state index contributed by atoms with van der Waals surface area (Å²) in [7, 11) is 1.49. The highest BCUT2D eigenvalue weighted by Crippen LogP contribution is 2.43. The van der Waals surface area contributed by atoms with Crippen LogP contribution in [0.2, 0.25) is 0 Å². The maximum Gasteiger partial charge on any atom is 0.472 e. The highest BCUT2D eigenvalue weighted by atomic mass is 31.2. The molecule has 3 atom stereocenters. The summed E-state index contributed by atoms with van der Waals surface area (Å²) in [5.74, 6) is -0.512. The Morgan fingerprint density at radius 2 is 0.859 bits per heavy atom. The first-order valence-electron chi connectivity index (χ1n) is 30.0. The topological polar surface area (TPSA) is 111 Å². The van der Waals surface area contributed by atoms with Crippen LogP contribution < -0.4 is 5.32 Å². The van der Waals surface area contributed by atoms with Crippen LogP contribution in [0.3, 0.4) is 0 Å². The maximum absolute atomic E-state index is 13.5. The second kappa shape index (κ2) is 51.5. The molecule has 0 saturated heterocycles. The molecule has 0 aromatic carbocycles. The van der Waals surface area contributed by atoms with Gasteiger partial charge in [0.1, 0.15) is 19.3 Å². The number of nitrogens with zero attached hydrogens (tertiary/aromatic N) is 1. The quantitative estimate of drug-likeness (QED) is 0.0205. The Balaban J connectivity index is 5.27. The Hall–Kier alpha value is -2.03. The number of ether oxygens (including phenoxy) is 1. The van der Waals surface area contributed by atoms with Crippen LogP contribution in [0.15, 0.2) is 48.6 Å². The minimum Gasteiger partial charge on any atom is -0.456 e. The number of hydrogen-bond donors (Lipinski definition) is 2. The summed E-state index contributed by atoms with van der Waals surface area (Å²) < 4.78 is 30.6. The van der Waals surface area contributed by atoms with Gasteiger partial charge >= 0.3 is 13.8 Å². The van der Waals surface area contributed by atoms with Gasteiger partial charge < -0.3 is 19.4 Å². The molecule has 0 rings (SSSR count). The van der Waals surface area contributed by atoms with Crippen LogP contribution >= 0.6 is 7.82 Å². The number of hydrogen-bond acceptors (Lipinski definition) is 6. The number of likely N-dealkylation sites (N-methyl/N-ethyl adjacent to an activating group) is 1. The normalized spacial score (nSPS) is 14.1. The molecule has 0 heterocycles. The Morgan fingerprint density at radius 3 is 1.31 bits per heavy atom. The van der Waals surface area contributed by atoms with E-state index in [-0.39, 0.29) is 25.1 Å². The van der Waals surface area contributed by atoms with Gasteiger partial charge in [0.2, 0.25) is 5.91 Å². The first-order valence-corrected chi connectivity index (χ1v) is 31.5. The third-order valence-electron chi connectivity index (χ3n) is 13.3. The number of carbonyl (C=O) groups is 2. The fourth-order valence-electron chi connectivity index (χ4n) is 8.59. The standard InChI is InChI=1S/C61H115N2O7P/c1-7-10-13-16-19-22-25-27-29-30-31-32-34-35-38-41-44-47-50-53-60(64)62-58(57-69-71(66,67)68-56-55-63(4,5)6)59(52-49-46-43-40-37-24-21-18-15-12-9-3)70-61(65)54-51-48-45-42-39-36-33-28-26-23-20-17-14-11-8-2/h19,22,27,29,31-32,49,52,58-59H,7-18,20-21,23-26,28,30,33-48,50-51,53-57H2,1-6H3,(H-,62,64,66,67)/p+1/b22-19-,29-27-,32-31-,52-49+. The lowest BCUT2D eigenvalue weighted by atomic mass is 10.0. The largest absolute Gasteiger partial charge is 0.472 e. The van der Waals surface area contributed by atoms with E-state index in [1.807, 2.05) is 33.3 Å². The minimum atomic E-state index is -4.45. The van der Waals surface area contributed by atoms with Crippen molar-refractivity contribution in [3.05, 3.63) is 48.6 Å². The molecule has 0 aromatic rings. The summed E-state index contributed by atoms with van der Waals surface area (Å²) >= 11 is 0. The molecular formula is C61H116N2O7P+. The molecule has 0 fully saturated rings. The van der Waals surface area contributed by atoms with Crippen molar-refractivity contribution >= 4 is 19.7 Å². The van der Waals surface area contributed by atoms with Gasteiger partial charge in [0.05, 0.1) is 33.8 Å². The summed E-state index contributed by atoms with van der Waals surface area (Å²) in [5, 5.41) is 3.05. The second-order valence-corrected chi connectivity index (χ2v) is 23.0. The van der Waals surface area contributed by atoms with Crippen molar-refractivity contribution in [1.29, 1.82) is 0 Å². The SMILES string of the molecule is CCCCC/C=C\C/C=C\C/C=C\CCCCCCCCC(=O)NC(COP(=O)(O)OCC[N+](C)(C)C)C(/C=C/CCCCCCCCCCC)OC(=O)CCCCCCCCCCCCCCCCC. The van der Waals surface area contributed by atoms with Gasteiger partial charge in [-0.1, -0.05) is 243 Å². The van der Waals surface area contributed by atoms with Crippen molar-refractivity contribution < 1.29 is 37.3 Å². The van der Waals surface area contributed by atoms with E-state index in [1.54, 1.807) is 0 Å². The number of amides is 1. The van der Waals surface area contributed by atoms with Crippen LogP contribution in [-0.2, 0) is 27.9 Å². The van der Waals surface area contributed by atoms with Gasteiger partial charge in [-0.3, -0.25) is 18.6 Å². The van der Waals surface area contributed by atoms with E-state index in [2.05, 4.69) is 62.5 Å². The molecule has 9 nitrogen and oxygen atoms in total. The number of carbonyl (C=O) groups excluding carboxylic acids is 2. The fraction of sp³-hybridized carbons (Fsp3) is 0.836. The average Bonchev–Trinajstić information content (AvgIpc) is 3.33. The van der Waals surface area contributed by atoms with Gasteiger partial charge in [-0.05, 0) is 70.3 Å². The van der Waals surface area contributed by atoms with Gasteiger partial charge in [-0.2, -0.15) is 0 Å². The Labute approximate surface area is 439 Å². The van der Waals surface area contributed by atoms with Crippen LogP contribution in [0, 0.1) is 0 Å². The third-order valence-corrected chi connectivity index (χ3v) is 14.3. The monoisotopic (exact) mass is 1020 g/mol. The zero-order valence-electron chi connectivity index (χ0n) is 47.5. The molecule has 1 amide bonds. The number of nitrogens with one attached hydrogen (secondary N) is 1. The molecule has 0 spiro atoms. The smallest absolute Gasteiger partial charge is 0.456 e. The van der Waals surface area contributed by atoms with Gasteiger partial charge in [-0.25, -0.2) is 4.57 Å². The van der Waals surface area contributed by atoms with Crippen molar-refractivity contribution in [2.45, 2.75) is 290 Å². The molecule has 0 saturated carbocycles. The van der Waals surface area contributed by atoms with E-state index in [0.29, 0.717) is 23.9 Å². The summed E-state index contributed by atoms with van der Waals surface area (Å²) in [6.07, 6.45) is 62.4. The molecule has 2 N–H and O–H groups in total. The lowest BCUT2D eigenvalue weighted by Gasteiger charge is -2.27. The number of esters is 1. The Bertz CT molecular complexity index is 1360. The summed E-state index contributed by atoms with van der Waals surface area (Å²) in [6, 6.07) is -0.852. The predicted molar refractivity (Wildman–Crippen MR) is 305 cm³/mol. The first kappa shape index (κ1) is 69.0. The molecule has 0 aliphatic carbocycles. The Morgan fingerprint density at radius 1 is 0.493 bits per heavy atom. The first-order chi connectivity index (χ1) is 34.4. The van der Waals surface area contributed by atoms with Crippen LogP contribution in [0.25, 0.3) is 0 Å². The van der Waals surface area contributed by atoms with Gasteiger partial charge in [-0.15, -0.1) is 0 Å². The number of rotatable bonds is 54. The molecule has 71 heavy (non-hydrogen) atoms. The molecule has 0 aliphatic rings. The van der Waals surface area contributed by atoms with Crippen molar-refractivity contribution in [2.24, 2.45) is 0 Å². The van der Waals surface area contributed by atoms with E-state index < -0.39 is 20.0 Å². The molecule has 0 aliphatic heterocycles. The number of quaternary nitrogens is 1. The van der Waals surface area contributed by atoms with E-state index in [4.69, 9.17) is 13.8 Å². The molecule has 0 radical (unpaired) electrons. The van der Waals surface area contributed by atoms with Crippen molar-refractivity contribution in [1.82, 2.24) is 5.32 Å². The third kappa shape index (κ3) is 52.6. The number of unbranched alkanes of at least 4 members (excludes halogenated alkanes) is 32. The summed E-state index contributed by atoms with van der Waals surface area (Å²) in [4.78, 5) is 37.6. The zero-order valence-corrected chi connectivity index (χ0v) is 48.4. The van der Waals surface area contributed by atoms with E-state index in [1.165, 1.54) is 161 Å². The van der Waals surface area contributed by atoms with Gasteiger partial charge in [0.15, 0.2) is 0 Å². The summed E-state index contributed by atoms with van der Waals surface area (Å²) in [6.45, 7) is 6.99. The minimum absolute atomic E-state index is 0.0382. The van der Waals surface area contributed by atoms with Crippen molar-refractivity contribution in [2.75, 3.05) is 40.9 Å². The van der Waals surface area contributed by atoms with E-state index in [0.717, 1.165) is 83.5 Å². The highest BCUT2D eigenvalue weighted by Gasteiger charge is 2.30. The lowest BCUT2D eigenvalue weighted by Crippen LogP contribution is -2.47. The predicted octanol–water partition coefficient (Wildman–Crippen LogP) is 18.1. The molecule has 416 valence electrons. The fourth-order valence-corrected chi connectivity index (χ4v) is 9.33.